The molecule has 6 heteroatoms. The van der Waals surface area contributed by atoms with Crippen molar-refractivity contribution in [3.63, 3.8) is 0 Å². The first-order valence-electron chi connectivity index (χ1n) is 4.83. The van der Waals surface area contributed by atoms with Crippen molar-refractivity contribution in [1.29, 1.82) is 0 Å². The lowest BCUT2D eigenvalue weighted by Gasteiger charge is -2.03. The zero-order chi connectivity index (χ0) is 11.4. The van der Waals surface area contributed by atoms with Crippen LogP contribution >= 0.6 is 27.3 Å². The lowest BCUT2D eigenvalue weighted by Crippen LogP contribution is -2.01. The van der Waals surface area contributed by atoms with Gasteiger partial charge in [0.2, 0.25) is 5.13 Å². The van der Waals surface area contributed by atoms with Crippen molar-refractivity contribution in [3.8, 4) is 0 Å². The molecule has 0 unspecified atom stereocenters. The minimum absolute atomic E-state index is 0.601. The molecule has 16 heavy (non-hydrogen) atoms. The summed E-state index contributed by atoms with van der Waals surface area (Å²) in [6, 6.07) is 7.89. The molecular weight excluding hydrogens is 288 g/mol. The first-order chi connectivity index (χ1) is 7.79. The number of hydrogen-bond donors (Lipinski definition) is 2. The van der Waals surface area contributed by atoms with Crippen LogP contribution in [0.25, 0.3) is 0 Å². The lowest BCUT2D eigenvalue weighted by molar-refractivity contribution is 0.913. The molecule has 0 saturated heterocycles. The summed E-state index contributed by atoms with van der Waals surface area (Å²) < 4.78 is 1.01. The Kier molecular flexibility index (Phi) is 3.87. The Morgan fingerprint density at radius 1 is 1.31 bits per heavy atom. The highest BCUT2D eigenvalue weighted by Crippen LogP contribution is 2.26. The number of rotatable bonds is 4. The lowest BCUT2D eigenvalue weighted by atomic mass is 10.3. The first-order valence-corrected chi connectivity index (χ1v) is 6.44. The molecule has 0 bridgehead atoms. The van der Waals surface area contributed by atoms with Gasteiger partial charge in [-0.3, -0.25) is 0 Å². The molecule has 0 radical (unpaired) electrons. The zero-order valence-electron chi connectivity index (χ0n) is 8.48. The van der Waals surface area contributed by atoms with Gasteiger partial charge in [0, 0.05) is 10.9 Å². The largest absolute Gasteiger partial charge is 0.330 e. The molecule has 2 rings (SSSR count). The number of hydrogen-bond acceptors (Lipinski definition) is 5. The summed E-state index contributed by atoms with van der Waals surface area (Å²) >= 11 is 4.99. The van der Waals surface area contributed by atoms with E-state index >= 15 is 0 Å². The maximum Gasteiger partial charge on any atom is 0.210 e. The van der Waals surface area contributed by atoms with Gasteiger partial charge >= 0.3 is 0 Å². The first kappa shape index (κ1) is 11.5. The standard InChI is InChI=1S/C10H11BrN4S/c11-7-3-1-2-4-8(7)13-10-15-14-9(16-10)5-6-12/h1-4H,5-6,12H2,(H,13,15). The van der Waals surface area contributed by atoms with Gasteiger partial charge in [-0.15, -0.1) is 10.2 Å². The van der Waals surface area contributed by atoms with Crippen LogP contribution in [0.3, 0.4) is 0 Å². The smallest absolute Gasteiger partial charge is 0.210 e. The van der Waals surface area contributed by atoms with E-state index in [1.54, 1.807) is 0 Å². The van der Waals surface area contributed by atoms with Crippen molar-refractivity contribution < 1.29 is 0 Å². The van der Waals surface area contributed by atoms with Crippen LogP contribution in [0.2, 0.25) is 0 Å². The Bertz CT molecular complexity index is 471. The minimum atomic E-state index is 0.601. The second kappa shape index (κ2) is 5.38. The summed E-state index contributed by atoms with van der Waals surface area (Å²) in [6.07, 6.45) is 0.773. The molecule has 3 N–H and O–H groups in total. The molecule has 0 spiro atoms. The topological polar surface area (TPSA) is 63.8 Å². The van der Waals surface area contributed by atoms with Crippen molar-refractivity contribution in [3.05, 3.63) is 33.7 Å². The Balaban J connectivity index is 2.11. The van der Waals surface area contributed by atoms with Crippen molar-refractivity contribution in [2.75, 3.05) is 11.9 Å². The molecule has 2 aromatic rings. The van der Waals surface area contributed by atoms with Gasteiger partial charge < -0.3 is 11.1 Å². The monoisotopic (exact) mass is 298 g/mol. The molecule has 1 heterocycles. The van der Waals surface area contributed by atoms with Crippen LogP contribution in [0.1, 0.15) is 5.01 Å². The average molecular weight is 299 g/mol. The normalized spacial score (nSPS) is 10.4. The molecule has 84 valence electrons. The van der Waals surface area contributed by atoms with Gasteiger partial charge in [0.25, 0.3) is 0 Å². The van der Waals surface area contributed by atoms with Crippen molar-refractivity contribution in [2.24, 2.45) is 5.73 Å². The summed E-state index contributed by atoms with van der Waals surface area (Å²) in [6.45, 7) is 0.601. The maximum absolute atomic E-state index is 5.46. The SMILES string of the molecule is NCCc1nnc(Nc2ccccc2Br)s1. The summed E-state index contributed by atoms with van der Waals surface area (Å²) in [4.78, 5) is 0. The third-order valence-electron chi connectivity index (χ3n) is 1.94. The van der Waals surface area contributed by atoms with Gasteiger partial charge in [0.05, 0.1) is 5.69 Å². The predicted molar refractivity (Wildman–Crippen MR) is 70.1 cm³/mol. The molecule has 0 fully saturated rings. The second-order valence-corrected chi connectivity index (χ2v) is 5.06. The second-order valence-electron chi connectivity index (χ2n) is 3.14. The molecule has 0 amide bonds. The quantitative estimate of drug-likeness (QED) is 0.910. The van der Waals surface area contributed by atoms with Crippen LogP contribution in [0.5, 0.6) is 0 Å². The maximum atomic E-state index is 5.46. The van der Waals surface area contributed by atoms with Crippen LogP contribution < -0.4 is 11.1 Å². The summed E-state index contributed by atoms with van der Waals surface area (Å²) in [5, 5.41) is 13.0. The summed E-state index contributed by atoms with van der Waals surface area (Å²) in [5.41, 5.74) is 6.44. The van der Waals surface area contributed by atoms with Crippen LogP contribution in [-0.2, 0) is 6.42 Å². The van der Waals surface area contributed by atoms with Gasteiger partial charge in [-0.25, -0.2) is 0 Å². The number of benzene rings is 1. The van der Waals surface area contributed by atoms with Gasteiger partial charge in [-0.05, 0) is 34.6 Å². The third kappa shape index (κ3) is 2.78. The molecule has 0 aliphatic heterocycles. The molecule has 0 saturated carbocycles. The van der Waals surface area contributed by atoms with E-state index in [0.717, 1.165) is 26.7 Å². The van der Waals surface area contributed by atoms with Crippen LogP contribution in [-0.4, -0.2) is 16.7 Å². The molecule has 0 atom stereocenters. The fraction of sp³-hybridized carbons (Fsp3) is 0.200. The van der Waals surface area contributed by atoms with E-state index in [4.69, 9.17) is 5.73 Å². The van der Waals surface area contributed by atoms with E-state index in [-0.39, 0.29) is 0 Å². The minimum Gasteiger partial charge on any atom is -0.330 e. The Morgan fingerprint density at radius 3 is 2.88 bits per heavy atom. The average Bonchev–Trinajstić information content (AvgIpc) is 2.70. The van der Waals surface area contributed by atoms with E-state index in [9.17, 15) is 0 Å². The molecule has 4 nitrogen and oxygen atoms in total. The fourth-order valence-electron chi connectivity index (χ4n) is 1.21. The van der Waals surface area contributed by atoms with Gasteiger partial charge in [0.1, 0.15) is 5.01 Å². The van der Waals surface area contributed by atoms with E-state index in [1.165, 1.54) is 11.3 Å². The highest BCUT2D eigenvalue weighted by molar-refractivity contribution is 9.10. The fourth-order valence-corrected chi connectivity index (χ4v) is 2.36. The highest BCUT2D eigenvalue weighted by atomic mass is 79.9. The van der Waals surface area contributed by atoms with Crippen molar-refractivity contribution in [2.45, 2.75) is 6.42 Å². The number of nitrogens with one attached hydrogen (secondary N) is 1. The van der Waals surface area contributed by atoms with Gasteiger partial charge in [-0.1, -0.05) is 23.5 Å². The number of aromatic nitrogens is 2. The van der Waals surface area contributed by atoms with Crippen molar-refractivity contribution in [1.82, 2.24) is 10.2 Å². The summed E-state index contributed by atoms with van der Waals surface area (Å²) in [5.74, 6) is 0. The zero-order valence-corrected chi connectivity index (χ0v) is 10.9. The molecule has 0 aliphatic rings. The Hall–Kier alpha value is -0.980. The highest BCUT2D eigenvalue weighted by Gasteiger charge is 2.05. The van der Waals surface area contributed by atoms with E-state index in [1.807, 2.05) is 24.3 Å². The molecule has 1 aromatic heterocycles. The van der Waals surface area contributed by atoms with Crippen LogP contribution in [0.15, 0.2) is 28.7 Å². The van der Waals surface area contributed by atoms with Crippen LogP contribution in [0.4, 0.5) is 10.8 Å². The molecule has 0 aliphatic carbocycles. The van der Waals surface area contributed by atoms with E-state index in [2.05, 4.69) is 31.4 Å². The number of nitrogens with zero attached hydrogens (tertiary/aromatic N) is 2. The van der Waals surface area contributed by atoms with Crippen LogP contribution in [0, 0.1) is 0 Å². The molecule has 1 aromatic carbocycles. The summed E-state index contributed by atoms with van der Waals surface area (Å²) in [7, 11) is 0. The van der Waals surface area contributed by atoms with Gasteiger partial charge in [0.15, 0.2) is 0 Å². The number of nitrogens with two attached hydrogens (primary N) is 1. The van der Waals surface area contributed by atoms with E-state index < -0.39 is 0 Å². The Labute approximate surface area is 106 Å². The Morgan fingerprint density at radius 2 is 2.12 bits per heavy atom. The van der Waals surface area contributed by atoms with Gasteiger partial charge in [-0.2, -0.15) is 0 Å². The number of anilines is 2. The third-order valence-corrected chi connectivity index (χ3v) is 3.53. The molecular formula is C10H11BrN4S. The number of halogens is 1. The predicted octanol–water partition coefficient (Wildman–Crippen LogP) is 2.55. The van der Waals surface area contributed by atoms with E-state index in [0.29, 0.717) is 6.54 Å². The van der Waals surface area contributed by atoms with Crippen molar-refractivity contribution >= 4 is 38.1 Å². The number of para-hydroxylation sites is 1.